The standard InChI is InChI=1S/C11H10ClN/c1-11(6-9(11)7-13)8-2-4-10(12)5-3-8/h2-5,9H,6H2,1H3. The fourth-order valence-corrected chi connectivity index (χ4v) is 1.83. The van der Waals surface area contributed by atoms with E-state index in [2.05, 4.69) is 13.0 Å². The van der Waals surface area contributed by atoms with Crippen LogP contribution >= 0.6 is 11.6 Å². The Kier molecular flexibility index (Phi) is 1.82. The lowest BCUT2D eigenvalue weighted by Crippen LogP contribution is -2.02. The maximum absolute atomic E-state index is 8.78. The molecule has 0 spiro atoms. The Morgan fingerprint density at radius 2 is 2.08 bits per heavy atom. The molecule has 1 aliphatic rings. The number of hydrogen-bond donors (Lipinski definition) is 0. The van der Waals surface area contributed by atoms with E-state index >= 15 is 0 Å². The van der Waals surface area contributed by atoms with E-state index in [1.807, 2.05) is 24.3 Å². The molecule has 2 unspecified atom stereocenters. The molecule has 2 atom stereocenters. The molecule has 2 rings (SSSR count). The monoisotopic (exact) mass is 191 g/mol. The Balaban J connectivity index is 2.29. The third-order valence-electron chi connectivity index (χ3n) is 2.90. The number of nitrogens with zero attached hydrogens (tertiary/aromatic N) is 1. The highest BCUT2D eigenvalue weighted by Gasteiger charge is 2.51. The van der Waals surface area contributed by atoms with Gasteiger partial charge in [-0.1, -0.05) is 30.7 Å². The van der Waals surface area contributed by atoms with Crippen LogP contribution in [0.3, 0.4) is 0 Å². The van der Waals surface area contributed by atoms with E-state index < -0.39 is 0 Å². The largest absolute Gasteiger partial charge is 0.198 e. The van der Waals surface area contributed by atoms with E-state index in [0.29, 0.717) is 0 Å². The molecule has 0 aromatic heterocycles. The highest BCUT2D eigenvalue weighted by molar-refractivity contribution is 6.30. The van der Waals surface area contributed by atoms with Crippen LogP contribution in [0.5, 0.6) is 0 Å². The Bertz CT molecular complexity index is 363. The van der Waals surface area contributed by atoms with Crippen LogP contribution in [0.1, 0.15) is 18.9 Å². The Morgan fingerprint density at radius 1 is 1.46 bits per heavy atom. The van der Waals surface area contributed by atoms with Gasteiger partial charge in [-0.05, 0) is 24.1 Å². The fourth-order valence-electron chi connectivity index (χ4n) is 1.70. The molecular formula is C11H10ClN. The van der Waals surface area contributed by atoms with Gasteiger partial charge in [-0.25, -0.2) is 0 Å². The minimum absolute atomic E-state index is 0.0827. The number of halogens is 1. The summed E-state index contributed by atoms with van der Waals surface area (Å²) in [6.45, 7) is 2.13. The van der Waals surface area contributed by atoms with Crippen molar-refractivity contribution in [1.29, 1.82) is 5.26 Å². The smallest absolute Gasteiger partial charge is 0.0665 e. The highest BCUT2D eigenvalue weighted by Crippen LogP contribution is 2.53. The number of hydrogen-bond acceptors (Lipinski definition) is 1. The minimum atomic E-state index is 0.0827. The van der Waals surface area contributed by atoms with E-state index in [9.17, 15) is 0 Å². The number of nitriles is 1. The molecule has 1 aromatic carbocycles. The van der Waals surface area contributed by atoms with E-state index in [1.165, 1.54) is 5.56 Å². The Labute approximate surface area is 82.9 Å². The zero-order valence-corrected chi connectivity index (χ0v) is 8.17. The summed E-state index contributed by atoms with van der Waals surface area (Å²) in [5, 5.41) is 9.53. The van der Waals surface area contributed by atoms with Crippen molar-refractivity contribution < 1.29 is 0 Å². The van der Waals surface area contributed by atoms with Crippen LogP contribution in [0, 0.1) is 17.2 Å². The second-order valence-electron chi connectivity index (χ2n) is 3.81. The van der Waals surface area contributed by atoms with Gasteiger partial charge in [-0.3, -0.25) is 0 Å². The predicted molar refractivity (Wildman–Crippen MR) is 52.5 cm³/mol. The molecule has 0 amide bonds. The molecule has 1 nitrogen and oxygen atoms in total. The van der Waals surface area contributed by atoms with Crippen molar-refractivity contribution in [1.82, 2.24) is 0 Å². The molecule has 1 saturated carbocycles. The van der Waals surface area contributed by atoms with Crippen LogP contribution in [-0.2, 0) is 5.41 Å². The normalized spacial score (nSPS) is 31.0. The first kappa shape index (κ1) is 8.59. The van der Waals surface area contributed by atoms with Crippen molar-refractivity contribution in [2.24, 2.45) is 5.92 Å². The van der Waals surface area contributed by atoms with Gasteiger partial charge in [0.05, 0.1) is 12.0 Å². The third-order valence-corrected chi connectivity index (χ3v) is 3.15. The van der Waals surface area contributed by atoms with Gasteiger partial charge in [0.1, 0.15) is 0 Å². The van der Waals surface area contributed by atoms with Gasteiger partial charge >= 0.3 is 0 Å². The molecule has 0 bridgehead atoms. The first-order valence-corrected chi connectivity index (χ1v) is 4.70. The lowest BCUT2D eigenvalue weighted by Gasteiger charge is -2.08. The second kappa shape index (κ2) is 2.75. The maximum atomic E-state index is 8.78. The summed E-state index contributed by atoms with van der Waals surface area (Å²) >= 11 is 5.79. The highest BCUT2D eigenvalue weighted by atomic mass is 35.5. The van der Waals surface area contributed by atoms with Crippen LogP contribution in [-0.4, -0.2) is 0 Å². The summed E-state index contributed by atoms with van der Waals surface area (Å²) in [6, 6.07) is 10.1. The Morgan fingerprint density at radius 3 is 2.54 bits per heavy atom. The topological polar surface area (TPSA) is 23.8 Å². The van der Waals surface area contributed by atoms with Gasteiger partial charge in [-0.2, -0.15) is 5.26 Å². The van der Waals surface area contributed by atoms with Crippen molar-refractivity contribution in [3.63, 3.8) is 0 Å². The molecule has 2 heteroatoms. The van der Waals surface area contributed by atoms with Crippen molar-refractivity contribution >= 4 is 11.6 Å². The zero-order chi connectivity index (χ0) is 9.47. The fraction of sp³-hybridized carbons (Fsp3) is 0.364. The van der Waals surface area contributed by atoms with Crippen molar-refractivity contribution in [2.75, 3.05) is 0 Å². The van der Waals surface area contributed by atoms with Gasteiger partial charge in [-0.15, -0.1) is 0 Å². The molecule has 1 fully saturated rings. The van der Waals surface area contributed by atoms with Crippen LogP contribution in [0.2, 0.25) is 5.02 Å². The summed E-state index contributed by atoms with van der Waals surface area (Å²) in [5.74, 6) is 0.189. The van der Waals surface area contributed by atoms with Crippen molar-refractivity contribution in [3.8, 4) is 6.07 Å². The molecule has 0 heterocycles. The van der Waals surface area contributed by atoms with Crippen molar-refractivity contribution in [3.05, 3.63) is 34.9 Å². The summed E-state index contributed by atoms with van der Waals surface area (Å²) in [5.41, 5.74) is 1.31. The van der Waals surface area contributed by atoms with E-state index in [1.54, 1.807) is 0 Å². The molecule has 0 N–H and O–H groups in total. The lowest BCUT2D eigenvalue weighted by molar-refractivity contribution is 0.742. The molecule has 1 aliphatic carbocycles. The van der Waals surface area contributed by atoms with Gasteiger partial charge in [0.2, 0.25) is 0 Å². The summed E-state index contributed by atoms with van der Waals surface area (Å²) < 4.78 is 0. The van der Waals surface area contributed by atoms with E-state index in [-0.39, 0.29) is 11.3 Å². The first-order valence-electron chi connectivity index (χ1n) is 4.32. The Hall–Kier alpha value is -1.00. The summed E-state index contributed by atoms with van der Waals surface area (Å²) in [7, 11) is 0. The van der Waals surface area contributed by atoms with Crippen LogP contribution in [0.4, 0.5) is 0 Å². The average Bonchev–Trinajstić information content (AvgIpc) is 2.80. The maximum Gasteiger partial charge on any atom is 0.0665 e. The lowest BCUT2D eigenvalue weighted by atomic mass is 9.96. The average molecular weight is 192 g/mol. The second-order valence-corrected chi connectivity index (χ2v) is 4.25. The number of rotatable bonds is 1. The molecule has 1 aromatic rings. The molecule has 13 heavy (non-hydrogen) atoms. The molecule has 66 valence electrons. The van der Waals surface area contributed by atoms with Crippen LogP contribution < -0.4 is 0 Å². The zero-order valence-electron chi connectivity index (χ0n) is 7.42. The van der Waals surface area contributed by atoms with E-state index in [4.69, 9.17) is 16.9 Å². The number of benzene rings is 1. The van der Waals surface area contributed by atoms with Crippen LogP contribution in [0.25, 0.3) is 0 Å². The predicted octanol–water partition coefficient (Wildman–Crippen LogP) is 3.14. The SMILES string of the molecule is CC1(c2ccc(Cl)cc2)CC1C#N. The quantitative estimate of drug-likeness (QED) is 0.669. The molecule has 0 saturated heterocycles. The van der Waals surface area contributed by atoms with E-state index in [0.717, 1.165) is 11.4 Å². The summed E-state index contributed by atoms with van der Waals surface area (Å²) in [4.78, 5) is 0. The van der Waals surface area contributed by atoms with Gasteiger partial charge in [0, 0.05) is 10.4 Å². The molecular weight excluding hydrogens is 182 g/mol. The molecule has 0 aliphatic heterocycles. The van der Waals surface area contributed by atoms with Crippen molar-refractivity contribution in [2.45, 2.75) is 18.8 Å². The molecule has 0 radical (unpaired) electrons. The first-order chi connectivity index (χ1) is 6.16. The van der Waals surface area contributed by atoms with Gasteiger partial charge in [0.15, 0.2) is 0 Å². The summed E-state index contributed by atoms with van der Waals surface area (Å²) in [6.07, 6.45) is 0.977. The minimum Gasteiger partial charge on any atom is -0.198 e. The third kappa shape index (κ3) is 1.32. The van der Waals surface area contributed by atoms with Gasteiger partial charge < -0.3 is 0 Å². The van der Waals surface area contributed by atoms with Gasteiger partial charge in [0.25, 0.3) is 0 Å². The van der Waals surface area contributed by atoms with Crippen LogP contribution in [0.15, 0.2) is 24.3 Å².